The number of nitrogens with zero attached hydrogens (tertiary/aromatic N) is 1. The van der Waals surface area contributed by atoms with Crippen molar-refractivity contribution in [2.75, 3.05) is 33.3 Å². The van der Waals surface area contributed by atoms with Gasteiger partial charge in [-0.2, -0.15) is 0 Å². The molecular formula is C29H35NO4. The van der Waals surface area contributed by atoms with Gasteiger partial charge in [-0.1, -0.05) is 39.0 Å². The van der Waals surface area contributed by atoms with Crippen molar-refractivity contribution < 1.29 is 18.9 Å². The summed E-state index contributed by atoms with van der Waals surface area (Å²) in [6.45, 7) is 9.09. The molecule has 1 aliphatic heterocycles. The molecule has 5 heteroatoms. The van der Waals surface area contributed by atoms with Crippen molar-refractivity contribution in [2.45, 2.75) is 39.7 Å². The van der Waals surface area contributed by atoms with Gasteiger partial charge in [-0.15, -0.1) is 0 Å². The Morgan fingerprint density at radius 1 is 0.618 bits per heavy atom. The molecule has 1 unspecified atom stereocenters. The third-order valence-corrected chi connectivity index (χ3v) is 7.02. The fraction of sp³-hybridized carbons (Fsp3) is 0.379. The van der Waals surface area contributed by atoms with Crippen molar-refractivity contribution in [3.05, 3.63) is 71.3 Å². The van der Waals surface area contributed by atoms with Crippen LogP contribution in [0, 0.1) is 5.41 Å². The first-order valence-corrected chi connectivity index (χ1v) is 11.6. The molecule has 0 bridgehead atoms. The highest BCUT2D eigenvalue weighted by Gasteiger charge is 2.42. The van der Waals surface area contributed by atoms with Crippen LogP contribution in [0.3, 0.4) is 0 Å². The number of benzene rings is 3. The van der Waals surface area contributed by atoms with Crippen LogP contribution < -0.4 is 23.8 Å². The number of hydrogen-bond donors (Lipinski definition) is 0. The standard InChI is InChI=1S/C29H35NO4/c1-18(29(2,3)4)30-19-12-9-14-21(31-5)25(19)28(26-20(30)13-10-15-22(26)32-6)27-23(33-7)16-11-17-24(27)34-8/h9-18,28H,1-8H3. The summed E-state index contributed by atoms with van der Waals surface area (Å²) in [5.74, 6) is 2.94. The van der Waals surface area contributed by atoms with Gasteiger partial charge in [0.1, 0.15) is 23.0 Å². The average Bonchev–Trinajstić information content (AvgIpc) is 2.84. The first kappa shape index (κ1) is 23.8. The molecule has 4 rings (SSSR count). The largest absolute Gasteiger partial charge is 0.496 e. The lowest BCUT2D eigenvalue weighted by Gasteiger charge is -2.46. The minimum absolute atomic E-state index is 0.0235. The van der Waals surface area contributed by atoms with Gasteiger partial charge in [0.05, 0.1) is 34.4 Å². The van der Waals surface area contributed by atoms with Crippen LogP contribution in [-0.4, -0.2) is 34.5 Å². The van der Waals surface area contributed by atoms with E-state index < -0.39 is 0 Å². The first-order chi connectivity index (χ1) is 16.3. The smallest absolute Gasteiger partial charge is 0.126 e. The molecule has 0 spiro atoms. The molecular weight excluding hydrogens is 426 g/mol. The molecule has 3 aromatic rings. The third kappa shape index (κ3) is 3.73. The molecule has 0 radical (unpaired) electrons. The summed E-state index contributed by atoms with van der Waals surface area (Å²) < 4.78 is 23.7. The predicted molar refractivity (Wildman–Crippen MR) is 138 cm³/mol. The van der Waals surface area contributed by atoms with Crippen molar-refractivity contribution in [2.24, 2.45) is 5.41 Å². The fourth-order valence-electron chi connectivity index (χ4n) is 4.95. The quantitative estimate of drug-likeness (QED) is 0.404. The van der Waals surface area contributed by atoms with Crippen molar-refractivity contribution in [1.29, 1.82) is 0 Å². The Kier molecular flexibility index (Phi) is 6.39. The summed E-state index contributed by atoms with van der Waals surface area (Å²) in [6.07, 6.45) is 0. The molecule has 0 aliphatic carbocycles. The maximum Gasteiger partial charge on any atom is 0.126 e. The van der Waals surface area contributed by atoms with Crippen LogP contribution in [-0.2, 0) is 0 Å². The summed E-state index contributed by atoms with van der Waals surface area (Å²) in [5.41, 5.74) is 5.34. The van der Waals surface area contributed by atoms with Gasteiger partial charge in [0.25, 0.3) is 0 Å². The van der Waals surface area contributed by atoms with Crippen LogP contribution in [0.15, 0.2) is 54.6 Å². The van der Waals surface area contributed by atoms with E-state index in [1.807, 2.05) is 30.3 Å². The summed E-state index contributed by atoms with van der Waals surface area (Å²) in [6, 6.07) is 18.6. The molecule has 1 aliphatic rings. The maximum absolute atomic E-state index is 5.96. The van der Waals surface area contributed by atoms with E-state index in [1.54, 1.807) is 28.4 Å². The molecule has 3 aromatic carbocycles. The van der Waals surface area contributed by atoms with Gasteiger partial charge in [0.2, 0.25) is 0 Å². The monoisotopic (exact) mass is 461 g/mol. The molecule has 0 saturated heterocycles. The highest BCUT2D eigenvalue weighted by Crippen LogP contribution is 2.58. The Balaban J connectivity index is 2.17. The molecule has 0 N–H and O–H groups in total. The molecule has 0 amide bonds. The lowest BCUT2D eigenvalue weighted by molar-refractivity contribution is 0.333. The zero-order valence-corrected chi connectivity index (χ0v) is 21.4. The van der Waals surface area contributed by atoms with E-state index in [4.69, 9.17) is 18.9 Å². The molecule has 0 saturated carbocycles. The van der Waals surface area contributed by atoms with Gasteiger partial charge in [-0.05, 0) is 48.7 Å². The summed E-state index contributed by atoms with van der Waals surface area (Å²) in [5, 5.41) is 0. The highest BCUT2D eigenvalue weighted by atomic mass is 16.5. The van der Waals surface area contributed by atoms with E-state index in [1.165, 1.54) is 0 Å². The van der Waals surface area contributed by atoms with E-state index in [0.29, 0.717) is 0 Å². The van der Waals surface area contributed by atoms with Gasteiger partial charge in [0, 0.05) is 34.1 Å². The first-order valence-electron chi connectivity index (χ1n) is 11.6. The molecule has 0 aromatic heterocycles. The van der Waals surface area contributed by atoms with Crippen molar-refractivity contribution >= 4 is 11.4 Å². The van der Waals surface area contributed by atoms with Gasteiger partial charge >= 0.3 is 0 Å². The Hall–Kier alpha value is -3.34. The van der Waals surface area contributed by atoms with E-state index in [9.17, 15) is 0 Å². The molecule has 0 fully saturated rings. The highest BCUT2D eigenvalue weighted by molar-refractivity contribution is 5.84. The van der Waals surface area contributed by atoms with Crippen LogP contribution >= 0.6 is 0 Å². The molecule has 5 nitrogen and oxygen atoms in total. The van der Waals surface area contributed by atoms with Crippen LogP contribution in [0.25, 0.3) is 0 Å². The second-order valence-corrected chi connectivity index (χ2v) is 9.71. The molecule has 34 heavy (non-hydrogen) atoms. The van der Waals surface area contributed by atoms with E-state index in [-0.39, 0.29) is 17.4 Å². The third-order valence-electron chi connectivity index (χ3n) is 7.02. The van der Waals surface area contributed by atoms with E-state index in [0.717, 1.165) is 51.1 Å². The zero-order chi connectivity index (χ0) is 24.6. The van der Waals surface area contributed by atoms with E-state index in [2.05, 4.69) is 56.9 Å². The van der Waals surface area contributed by atoms with Crippen molar-refractivity contribution in [3.8, 4) is 23.0 Å². The van der Waals surface area contributed by atoms with E-state index >= 15 is 0 Å². The van der Waals surface area contributed by atoms with Crippen LogP contribution in [0.1, 0.15) is 50.3 Å². The topological polar surface area (TPSA) is 40.2 Å². The van der Waals surface area contributed by atoms with Crippen molar-refractivity contribution in [3.63, 3.8) is 0 Å². The second kappa shape index (κ2) is 9.13. The predicted octanol–water partition coefficient (Wildman–Crippen LogP) is 6.79. The van der Waals surface area contributed by atoms with Crippen LogP contribution in [0.5, 0.6) is 23.0 Å². The minimum Gasteiger partial charge on any atom is -0.496 e. The van der Waals surface area contributed by atoms with Gasteiger partial charge < -0.3 is 23.8 Å². The Morgan fingerprint density at radius 2 is 0.971 bits per heavy atom. The van der Waals surface area contributed by atoms with Crippen LogP contribution in [0.4, 0.5) is 11.4 Å². The molecule has 1 heterocycles. The summed E-state index contributed by atoms with van der Waals surface area (Å²) >= 11 is 0. The summed E-state index contributed by atoms with van der Waals surface area (Å²) in [4.78, 5) is 2.42. The minimum atomic E-state index is -0.216. The van der Waals surface area contributed by atoms with Gasteiger partial charge in [-0.3, -0.25) is 0 Å². The number of hydrogen-bond acceptors (Lipinski definition) is 5. The second-order valence-electron chi connectivity index (χ2n) is 9.71. The number of anilines is 2. The molecule has 180 valence electrons. The van der Waals surface area contributed by atoms with Crippen LogP contribution in [0.2, 0.25) is 0 Å². The number of rotatable bonds is 6. The zero-order valence-electron chi connectivity index (χ0n) is 21.4. The Labute approximate surface area is 203 Å². The Bertz CT molecular complexity index is 1100. The SMILES string of the molecule is COc1cccc(OC)c1C1c2c(OC)cccc2N(C(C)C(C)(C)C)c2cccc(OC)c21. The lowest BCUT2D eigenvalue weighted by Crippen LogP contribution is -2.42. The van der Waals surface area contributed by atoms with Gasteiger partial charge in [-0.25, -0.2) is 0 Å². The number of ether oxygens (including phenoxy) is 4. The lowest BCUT2D eigenvalue weighted by atomic mass is 9.76. The fourth-order valence-corrected chi connectivity index (χ4v) is 4.95. The van der Waals surface area contributed by atoms with Crippen molar-refractivity contribution in [1.82, 2.24) is 0 Å². The van der Waals surface area contributed by atoms with Gasteiger partial charge in [0.15, 0.2) is 0 Å². The summed E-state index contributed by atoms with van der Waals surface area (Å²) in [7, 11) is 6.84. The molecule has 1 atom stereocenters. The normalized spacial score (nSPS) is 14.2. The Morgan fingerprint density at radius 3 is 1.32 bits per heavy atom. The number of methoxy groups -OCH3 is 4. The average molecular weight is 462 g/mol. The number of fused-ring (bicyclic) bond motifs is 2. The maximum atomic E-state index is 5.96.